The zero-order chi connectivity index (χ0) is 13.8. The average Bonchev–Trinajstić information content (AvgIpc) is 2.98. The van der Waals surface area contributed by atoms with E-state index in [1.165, 1.54) is 0 Å². The molecule has 6 heteroatoms. The maximum absolute atomic E-state index is 12.1. The Balaban J connectivity index is 1.91. The summed E-state index contributed by atoms with van der Waals surface area (Å²) in [6.45, 7) is 6.05. The summed E-state index contributed by atoms with van der Waals surface area (Å²) in [5, 5.41) is 2.88. The van der Waals surface area contributed by atoms with Crippen LogP contribution in [-0.2, 0) is 16.0 Å². The summed E-state index contributed by atoms with van der Waals surface area (Å²) in [6.07, 6.45) is 1.26. The van der Waals surface area contributed by atoms with Crippen molar-refractivity contribution in [2.45, 2.75) is 38.8 Å². The highest BCUT2D eigenvalue weighted by Gasteiger charge is 2.24. The van der Waals surface area contributed by atoms with Gasteiger partial charge in [0.2, 0.25) is 5.91 Å². The van der Waals surface area contributed by atoms with Gasteiger partial charge in [-0.25, -0.2) is 4.98 Å². The molecule has 0 saturated carbocycles. The van der Waals surface area contributed by atoms with Crippen LogP contribution >= 0.6 is 11.3 Å². The minimum atomic E-state index is -0.000869. The molecule has 1 aliphatic heterocycles. The number of hydrogen-bond acceptors (Lipinski definition) is 5. The van der Waals surface area contributed by atoms with E-state index >= 15 is 0 Å². The number of rotatable bonds is 5. The molecule has 2 rings (SSSR count). The summed E-state index contributed by atoms with van der Waals surface area (Å²) < 4.78 is 5.50. The molecular weight excluding hydrogens is 262 g/mol. The number of amides is 1. The van der Waals surface area contributed by atoms with Crippen molar-refractivity contribution in [3.63, 3.8) is 0 Å². The molecule has 1 amide bonds. The Bertz CT molecular complexity index is 435. The van der Waals surface area contributed by atoms with Crippen LogP contribution in [0.2, 0.25) is 0 Å². The summed E-state index contributed by atoms with van der Waals surface area (Å²) in [7, 11) is 0. The smallest absolute Gasteiger partial charge is 0.228 e. The first-order chi connectivity index (χ1) is 9.10. The minimum absolute atomic E-state index is 0.000869. The molecule has 5 nitrogen and oxygen atoms in total. The van der Waals surface area contributed by atoms with Gasteiger partial charge < -0.3 is 15.4 Å². The molecular formula is C13H21N3O2S. The Morgan fingerprint density at radius 3 is 3.16 bits per heavy atom. The molecule has 2 N–H and O–H groups in total. The van der Waals surface area contributed by atoms with Gasteiger partial charge in [-0.1, -0.05) is 0 Å². The first-order valence-electron chi connectivity index (χ1n) is 6.69. The maximum Gasteiger partial charge on any atom is 0.228 e. The normalized spacial score (nSPS) is 20.8. The Morgan fingerprint density at radius 2 is 2.53 bits per heavy atom. The third-order valence-electron chi connectivity index (χ3n) is 3.24. The lowest BCUT2D eigenvalue weighted by Gasteiger charge is -2.14. The van der Waals surface area contributed by atoms with Crippen molar-refractivity contribution in [2.24, 2.45) is 5.73 Å². The molecule has 2 atom stereocenters. The molecule has 0 spiro atoms. The molecule has 2 unspecified atom stereocenters. The van der Waals surface area contributed by atoms with Crippen LogP contribution in [0.5, 0.6) is 0 Å². The highest BCUT2D eigenvalue weighted by atomic mass is 32.1. The standard InChI is InChI=1S/C13H21N3O2S/c1-3-18-9(2)13-15-11(8-19-13)6-12(17)16-5-4-10(14)7-16/h8-10H,3-7,14H2,1-2H3. The fourth-order valence-corrected chi connectivity index (χ4v) is 3.01. The molecule has 106 valence electrons. The molecule has 19 heavy (non-hydrogen) atoms. The van der Waals surface area contributed by atoms with E-state index in [4.69, 9.17) is 10.5 Å². The number of carbonyl (C=O) groups excluding carboxylic acids is 1. The van der Waals surface area contributed by atoms with Gasteiger partial charge in [-0.2, -0.15) is 0 Å². The Hall–Kier alpha value is -0.980. The average molecular weight is 283 g/mol. The monoisotopic (exact) mass is 283 g/mol. The lowest BCUT2D eigenvalue weighted by atomic mass is 10.3. The molecule has 1 aliphatic rings. The summed E-state index contributed by atoms with van der Waals surface area (Å²) in [5.74, 6) is 0.119. The van der Waals surface area contributed by atoms with Crippen LogP contribution in [0.1, 0.15) is 37.1 Å². The Kier molecular flexibility index (Phi) is 4.90. The van der Waals surface area contributed by atoms with Gasteiger partial charge in [0.25, 0.3) is 0 Å². The first kappa shape index (κ1) is 14.4. The van der Waals surface area contributed by atoms with Crippen LogP contribution < -0.4 is 5.73 Å². The van der Waals surface area contributed by atoms with Gasteiger partial charge in [0.1, 0.15) is 11.1 Å². The van der Waals surface area contributed by atoms with Crippen molar-refractivity contribution in [1.82, 2.24) is 9.88 Å². The molecule has 0 aliphatic carbocycles. The van der Waals surface area contributed by atoms with Crippen LogP contribution in [-0.4, -0.2) is 41.5 Å². The molecule has 0 radical (unpaired) electrons. The third-order valence-corrected chi connectivity index (χ3v) is 4.30. The largest absolute Gasteiger partial charge is 0.372 e. The maximum atomic E-state index is 12.1. The molecule has 1 saturated heterocycles. The van der Waals surface area contributed by atoms with E-state index in [9.17, 15) is 4.79 Å². The first-order valence-corrected chi connectivity index (χ1v) is 7.57. The quantitative estimate of drug-likeness (QED) is 0.885. The molecule has 1 fully saturated rings. The van der Waals surface area contributed by atoms with Crippen LogP contribution in [0, 0.1) is 0 Å². The van der Waals surface area contributed by atoms with Crippen LogP contribution in [0.25, 0.3) is 0 Å². The van der Waals surface area contributed by atoms with E-state index < -0.39 is 0 Å². The number of nitrogens with two attached hydrogens (primary N) is 1. The van der Waals surface area contributed by atoms with E-state index in [2.05, 4.69) is 4.98 Å². The number of hydrogen-bond donors (Lipinski definition) is 1. The van der Waals surface area contributed by atoms with Gasteiger partial charge >= 0.3 is 0 Å². The fraction of sp³-hybridized carbons (Fsp3) is 0.692. The predicted molar refractivity (Wildman–Crippen MR) is 75.0 cm³/mol. The van der Waals surface area contributed by atoms with Crippen molar-refractivity contribution < 1.29 is 9.53 Å². The number of aromatic nitrogens is 1. The highest BCUT2D eigenvalue weighted by Crippen LogP contribution is 2.21. The molecule has 0 bridgehead atoms. The van der Waals surface area contributed by atoms with Crippen LogP contribution in [0.15, 0.2) is 5.38 Å². The predicted octanol–water partition coefficient (Wildman–Crippen LogP) is 1.34. The summed E-state index contributed by atoms with van der Waals surface area (Å²) >= 11 is 1.55. The topological polar surface area (TPSA) is 68.5 Å². The van der Waals surface area contributed by atoms with E-state index in [0.29, 0.717) is 19.6 Å². The Labute approximate surface area is 117 Å². The second-order valence-electron chi connectivity index (χ2n) is 4.84. The SMILES string of the molecule is CCOC(C)c1nc(CC(=O)N2CCC(N)C2)cs1. The summed E-state index contributed by atoms with van der Waals surface area (Å²) in [6, 6.07) is 0.132. The number of ether oxygens (including phenoxy) is 1. The van der Waals surface area contributed by atoms with E-state index in [1.807, 2.05) is 24.1 Å². The van der Waals surface area contributed by atoms with Gasteiger partial charge in [0, 0.05) is 31.1 Å². The second-order valence-corrected chi connectivity index (χ2v) is 5.73. The van der Waals surface area contributed by atoms with Crippen LogP contribution in [0.4, 0.5) is 0 Å². The van der Waals surface area contributed by atoms with Gasteiger partial charge in [-0.15, -0.1) is 11.3 Å². The van der Waals surface area contributed by atoms with E-state index in [1.54, 1.807) is 11.3 Å². The van der Waals surface area contributed by atoms with Crippen molar-refractivity contribution >= 4 is 17.2 Å². The van der Waals surface area contributed by atoms with E-state index in [0.717, 1.165) is 23.7 Å². The lowest BCUT2D eigenvalue weighted by molar-refractivity contribution is -0.129. The van der Waals surface area contributed by atoms with Gasteiger partial charge in [0.05, 0.1) is 12.1 Å². The van der Waals surface area contributed by atoms with E-state index in [-0.39, 0.29) is 18.1 Å². The molecule has 1 aromatic heterocycles. The van der Waals surface area contributed by atoms with Crippen molar-refractivity contribution in [3.8, 4) is 0 Å². The zero-order valence-electron chi connectivity index (χ0n) is 11.5. The van der Waals surface area contributed by atoms with Gasteiger partial charge in [0.15, 0.2) is 0 Å². The molecule has 0 aromatic carbocycles. The molecule has 2 heterocycles. The second kappa shape index (κ2) is 6.45. The number of thiazole rings is 1. The third kappa shape index (κ3) is 3.75. The minimum Gasteiger partial charge on any atom is -0.372 e. The summed E-state index contributed by atoms with van der Waals surface area (Å²) in [4.78, 5) is 18.4. The number of likely N-dealkylation sites (tertiary alicyclic amines) is 1. The number of nitrogens with zero attached hydrogens (tertiary/aromatic N) is 2. The van der Waals surface area contributed by atoms with Crippen molar-refractivity contribution in [2.75, 3.05) is 19.7 Å². The van der Waals surface area contributed by atoms with Gasteiger partial charge in [-0.05, 0) is 20.3 Å². The lowest BCUT2D eigenvalue weighted by Crippen LogP contribution is -2.33. The Morgan fingerprint density at radius 1 is 1.74 bits per heavy atom. The van der Waals surface area contributed by atoms with Crippen molar-refractivity contribution in [1.29, 1.82) is 0 Å². The fourth-order valence-electron chi connectivity index (χ4n) is 2.19. The molecule has 1 aromatic rings. The zero-order valence-corrected chi connectivity index (χ0v) is 12.3. The van der Waals surface area contributed by atoms with Crippen molar-refractivity contribution in [3.05, 3.63) is 16.1 Å². The van der Waals surface area contributed by atoms with Crippen LogP contribution in [0.3, 0.4) is 0 Å². The van der Waals surface area contributed by atoms with Gasteiger partial charge in [-0.3, -0.25) is 4.79 Å². The highest BCUT2D eigenvalue weighted by molar-refractivity contribution is 7.09. The number of carbonyl (C=O) groups is 1. The summed E-state index contributed by atoms with van der Waals surface area (Å²) in [5.41, 5.74) is 6.64.